The van der Waals surface area contributed by atoms with E-state index in [-0.39, 0.29) is 0 Å². The standard InChI is InChI=1S/C19H12ClNS/c20-17-8-4-7-15(11-17)19-10-9-18(22-19)12-16(13-21)14-5-2-1-3-6-14/h1-12H/b16-12+. The molecule has 0 fully saturated rings. The molecule has 3 aromatic rings. The van der Waals surface area contributed by atoms with Crippen molar-refractivity contribution in [2.24, 2.45) is 0 Å². The number of thiophene rings is 1. The molecular formula is C19H12ClNS. The van der Waals surface area contributed by atoms with Gasteiger partial charge in [0.1, 0.15) is 0 Å². The molecule has 0 atom stereocenters. The van der Waals surface area contributed by atoms with Crippen molar-refractivity contribution in [2.75, 3.05) is 0 Å². The second kappa shape index (κ2) is 6.62. The third-order valence-corrected chi connectivity index (χ3v) is 4.54. The number of benzene rings is 2. The minimum atomic E-state index is 0.667. The van der Waals surface area contributed by atoms with Crippen LogP contribution in [0.1, 0.15) is 10.4 Å². The first-order valence-corrected chi connectivity index (χ1v) is 7.99. The van der Waals surface area contributed by atoms with E-state index >= 15 is 0 Å². The molecule has 1 heterocycles. The van der Waals surface area contributed by atoms with E-state index in [1.165, 1.54) is 0 Å². The fourth-order valence-electron chi connectivity index (χ4n) is 2.17. The van der Waals surface area contributed by atoms with E-state index in [1.54, 1.807) is 11.3 Å². The van der Waals surface area contributed by atoms with Gasteiger partial charge in [-0.3, -0.25) is 0 Å². The van der Waals surface area contributed by atoms with Crippen LogP contribution in [-0.4, -0.2) is 0 Å². The monoisotopic (exact) mass is 321 g/mol. The molecule has 1 nitrogen and oxygen atoms in total. The van der Waals surface area contributed by atoms with Crippen molar-refractivity contribution < 1.29 is 0 Å². The molecule has 0 aliphatic rings. The summed E-state index contributed by atoms with van der Waals surface area (Å²) in [7, 11) is 0. The van der Waals surface area contributed by atoms with Crippen LogP contribution in [0.15, 0.2) is 66.7 Å². The molecule has 0 amide bonds. The molecule has 0 saturated heterocycles. The Morgan fingerprint density at radius 3 is 2.55 bits per heavy atom. The first kappa shape index (κ1) is 14.6. The van der Waals surface area contributed by atoms with E-state index in [4.69, 9.17) is 11.6 Å². The van der Waals surface area contributed by atoms with Gasteiger partial charge in [0, 0.05) is 14.8 Å². The van der Waals surface area contributed by atoms with Crippen LogP contribution in [0.25, 0.3) is 22.1 Å². The Kier molecular flexibility index (Phi) is 4.39. The molecule has 0 unspecified atom stereocenters. The topological polar surface area (TPSA) is 23.8 Å². The summed E-state index contributed by atoms with van der Waals surface area (Å²) in [4.78, 5) is 2.19. The lowest BCUT2D eigenvalue weighted by Crippen LogP contribution is -1.79. The molecule has 0 saturated carbocycles. The van der Waals surface area contributed by atoms with Crippen LogP contribution in [0.2, 0.25) is 5.02 Å². The number of nitriles is 1. The lowest BCUT2D eigenvalue weighted by atomic mass is 10.1. The Labute approximate surface area is 138 Å². The zero-order valence-electron chi connectivity index (χ0n) is 11.7. The average molecular weight is 322 g/mol. The lowest BCUT2D eigenvalue weighted by molar-refractivity contribution is 1.52. The summed E-state index contributed by atoms with van der Waals surface area (Å²) in [5, 5.41) is 10.1. The van der Waals surface area contributed by atoms with Gasteiger partial charge < -0.3 is 0 Å². The van der Waals surface area contributed by atoms with Crippen molar-refractivity contribution in [3.63, 3.8) is 0 Å². The summed E-state index contributed by atoms with van der Waals surface area (Å²) in [5.41, 5.74) is 2.69. The highest BCUT2D eigenvalue weighted by molar-refractivity contribution is 7.16. The van der Waals surface area contributed by atoms with Gasteiger partial charge >= 0.3 is 0 Å². The Balaban J connectivity index is 1.94. The second-order valence-electron chi connectivity index (χ2n) is 4.75. The van der Waals surface area contributed by atoms with Crippen LogP contribution in [0, 0.1) is 11.3 Å². The van der Waals surface area contributed by atoms with Gasteiger partial charge in [-0.05, 0) is 41.5 Å². The highest BCUT2D eigenvalue weighted by Gasteiger charge is 2.05. The van der Waals surface area contributed by atoms with Gasteiger partial charge in [-0.2, -0.15) is 5.26 Å². The third-order valence-electron chi connectivity index (χ3n) is 3.23. The molecule has 0 bridgehead atoms. The molecular weight excluding hydrogens is 310 g/mol. The van der Waals surface area contributed by atoms with E-state index in [1.807, 2.05) is 66.7 Å². The molecule has 3 heteroatoms. The molecule has 0 N–H and O–H groups in total. The molecule has 0 spiro atoms. The van der Waals surface area contributed by atoms with Gasteiger partial charge in [-0.25, -0.2) is 0 Å². The number of hydrogen-bond donors (Lipinski definition) is 0. The third kappa shape index (κ3) is 3.28. The molecule has 106 valence electrons. The Morgan fingerprint density at radius 1 is 1.00 bits per heavy atom. The van der Waals surface area contributed by atoms with Crippen molar-refractivity contribution in [1.29, 1.82) is 5.26 Å². The summed E-state index contributed by atoms with van der Waals surface area (Å²) < 4.78 is 0. The van der Waals surface area contributed by atoms with E-state index in [9.17, 15) is 5.26 Å². The summed E-state index contributed by atoms with van der Waals surface area (Å²) in [5.74, 6) is 0. The highest BCUT2D eigenvalue weighted by Crippen LogP contribution is 2.31. The van der Waals surface area contributed by atoms with Crippen molar-refractivity contribution in [3.05, 3.63) is 82.2 Å². The molecule has 0 aliphatic heterocycles. The van der Waals surface area contributed by atoms with Crippen molar-refractivity contribution in [3.8, 4) is 16.5 Å². The summed E-state index contributed by atoms with van der Waals surface area (Å²) >= 11 is 7.68. The molecule has 2 aromatic carbocycles. The minimum absolute atomic E-state index is 0.667. The second-order valence-corrected chi connectivity index (χ2v) is 6.30. The minimum Gasteiger partial charge on any atom is -0.192 e. The molecule has 3 rings (SSSR count). The summed E-state index contributed by atoms with van der Waals surface area (Å²) in [6.07, 6.45) is 1.92. The van der Waals surface area contributed by atoms with Crippen molar-refractivity contribution in [2.45, 2.75) is 0 Å². The fraction of sp³-hybridized carbons (Fsp3) is 0. The van der Waals surface area contributed by atoms with E-state index < -0.39 is 0 Å². The van der Waals surface area contributed by atoms with Crippen LogP contribution in [-0.2, 0) is 0 Å². The molecule has 1 aromatic heterocycles. The quantitative estimate of drug-likeness (QED) is 0.532. The molecule has 0 radical (unpaired) electrons. The number of hydrogen-bond acceptors (Lipinski definition) is 2. The number of halogens is 1. The van der Waals surface area contributed by atoms with Crippen LogP contribution < -0.4 is 0 Å². The van der Waals surface area contributed by atoms with Gasteiger partial charge in [0.2, 0.25) is 0 Å². The van der Waals surface area contributed by atoms with E-state index in [0.717, 1.165) is 25.9 Å². The average Bonchev–Trinajstić information content (AvgIpc) is 3.02. The van der Waals surface area contributed by atoms with Crippen LogP contribution in [0.3, 0.4) is 0 Å². The van der Waals surface area contributed by atoms with Crippen molar-refractivity contribution in [1.82, 2.24) is 0 Å². The van der Waals surface area contributed by atoms with Gasteiger partial charge in [0.15, 0.2) is 0 Å². The zero-order chi connectivity index (χ0) is 15.4. The van der Waals surface area contributed by atoms with Gasteiger partial charge in [-0.15, -0.1) is 11.3 Å². The Morgan fingerprint density at radius 2 is 1.82 bits per heavy atom. The Bertz CT molecular complexity index is 856. The summed E-state index contributed by atoms with van der Waals surface area (Å²) in [6, 6.07) is 23.9. The van der Waals surface area contributed by atoms with E-state index in [0.29, 0.717) is 5.57 Å². The van der Waals surface area contributed by atoms with Crippen LogP contribution in [0.5, 0.6) is 0 Å². The molecule has 0 aliphatic carbocycles. The predicted octanol–water partition coefficient (Wildman–Crippen LogP) is 6.13. The number of nitrogens with zero attached hydrogens (tertiary/aromatic N) is 1. The van der Waals surface area contributed by atoms with Gasteiger partial charge in [0.05, 0.1) is 11.6 Å². The maximum atomic E-state index is 9.37. The lowest BCUT2D eigenvalue weighted by Gasteiger charge is -1.98. The first-order valence-electron chi connectivity index (χ1n) is 6.79. The maximum Gasteiger partial charge on any atom is 0.0998 e. The zero-order valence-corrected chi connectivity index (χ0v) is 13.2. The SMILES string of the molecule is N#C/C(=C\c1ccc(-c2cccc(Cl)c2)s1)c1ccccc1. The molecule has 22 heavy (non-hydrogen) atoms. The van der Waals surface area contributed by atoms with Crippen LogP contribution >= 0.6 is 22.9 Å². The number of rotatable bonds is 3. The maximum absolute atomic E-state index is 9.37. The van der Waals surface area contributed by atoms with Gasteiger partial charge in [-0.1, -0.05) is 54.1 Å². The van der Waals surface area contributed by atoms with E-state index in [2.05, 4.69) is 12.1 Å². The normalized spacial score (nSPS) is 11.2. The Hall–Kier alpha value is -2.34. The largest absolute Gasteiger partial charge is 0.192 e. The van der Waals surface area contributed by atoms with Crippen LogP contribution in [0.4, 0.5) is 0 Å². The van der Waals surface area contributed by atoms with Gasteiger partial charge in [0.25, 0.3) is 0 Å². The number of allylic oxidation sites excluding steroid dienone is 1. The fourth-order valence-corrected chi connectivity index (χ4v) is 3.31. The predicted molar refractivity (Wildman–Crippen MR) is 94.7 cm³/mol. The first-order chi connectivity index (χ1) is 10.8. The highest BCUT2D eigenvalue weighted by atomic mass is 35.5. The summed E-state index contributed by atoms with van der Waals surface area (Å²) in [6.45, 7) is 0. The van der Waals surface area contributed by atoms with Crippen molar-refractivity contribution >= 4 is 34.6 Å². The smallest absolute Gasteiger partial charge is 0.0998 e.